The van der Waals surface area contributed by atoms with Crippen molar-refractivity contribution < 1.29 is 9.47 Å². The molecule has 0 spiro atoms. The predicted octanol–water partition coefficient (Wildman–Crippen LogP) is 9.61. The van der Waals surface area contributed by atoms with E-state index < -0.39 is 0 Å². The quantitative estimate of drug-likeness (QED) is 0.308. The van der Waals surface area contributed by atoms with Crippen LogP contribution in [0, 0.1) is 24.7 Å². The van der Waals surface area contributed by atoms with Gasteiger partial charge in [-0.1, -0.05) is 92.2 Å². The zero-order chi connectivity index (χ0) is 27.3. The average molecular weight is 508 g/mol. The topological polar surface area (TPSA) is 44.5 Å². The molecule has 0 saturated heterocycles. The lowest BCUT2D eigenvalue weighted by Crippen LogP contribution is -2.24. The van der Waals surface area contributed by atoms with Crippen LogP contribution in [0.4, 0.5) is 5.69 Å². The molecule has 0 saturated carbocycles. The molecule has 0 fully saturated rings. The summed E-state index contributed by atoms with van der Waals surface area (Å²) in [5, 5.41) is 0. The Morgan fingerprint density at radius 2 is 1.11 bits per heavy atom. The van der Waals surface area contributed by atoms with Crippen LogP contribution >= 0.6 is 0 Å². The Labute approximate surface area is 227 Å². The van der Waals surface area contributed by atoms with Crippen molar-refractivity contribution in [3.8, 4) is 11.5 Å². The van der Waals surface area contributed by atoms with E-state index in [1.807, 2.05) is 7.11 Å². The first-order valence-corrected chi connectivity index (χ1v) is 15.0. The van der Waals surface area contributed by atoms with Crippen molar-refractivity contribution in [2.24, 2.45) is 17.8 Å². The Hall–Kier alpha value is -2.16. The van der Waals surface area contributed by atoms with E-state index in [1.165, 1.54) is 40.7 Å². The fraction of sp³-hybridized carbons (Fsp3) is 0.647. The summed E-state index contributed by atoms with van der Waals surface area (Å²) in [5.41, 5.74) is 14.6. The number of nitrogens with two attached hydrogens (primary N) is 1. The summed E-state index contributed by atoms with van der Waals surface area (Å²) in [7, 11) is 3.60. The van der Waals surface area contributed by atoms with Crippen LogP contribution in [-0.2, 0) is 0 Å². The number of methoxy groups -OCH3 is 2. The zero-order valence-electron chi connectivity index (χ0n) is 25.1. The summed E-state index contributed by atoms with van der Waals surface area (Å²) in [6, 6.07) is 9.55. The molecule has 3 nitrogen and oxygen atoms in total. The molecular formula is C34H53NO2. The van der Waals surface area contributed by atoms with Crippen molar-refractivity contribution in [1.82, 2.24) is 0 Å². The normalized spacial score (nSPS) is 19.5. The van der Waals surface area contributed by atoms with Gasteiger partial charge in [-0.15, -0.1) is 0 Å². The molecule has 3 heteroatoms. The van der Waals surface area contributed by atoms with E-state index in [4.69, 9.17) is 15.2 Å². The van der Waals surface area contributed by atoms with Crippen LogP contribution < -0.4 is 15.2 Å². The number of hydrogen-bond acceptors (Lipinski definition) is 3. The summed E-state index contributed by atoms with van der Waals surface area (Å²) in [4.78, 5) is 0. The van der Waals surface area contributed by atoms with E-state index in [9.17, 15) is 0 Å². The highest BCUT2D eigenvalue weighted by molar-refractivity contribution is 5.63. The second-order valence-corrected chi connectivity index (χ2v) is 11.3. The molecule has 1 aliphatic rings. The van der Waals surface area contributed by atoms with E-state index in [-0.39, 0.29) is 5.92 Å². The van der Waals surface area contributed by atoms with E-state index in [1.54, 1.807) is 7.11 Å². The zero-order valence-corrected chi connectivity index (χ0v) is 25.1. The van der Waals surface area contributed by atoms with Gasteiger partial charge in [0.1, 0.15) is 11.5 Å². The van der Waals surface area contributed by atoms with Gasteiger partial charge in [-0.05, 0) is 82.9 Å². The monoisotopic (exact) mass is 507 g/mol. The number of fused-ring (bicyclic) bond motifs is 4. The fourth-order valence-electron chi connectivity index (χ4n) is 7.47. The van der Waals surface area contributed by atoms with E-state index in [0.29, 0.717) is 29.6 Å². The van der Waals surface area contributed by atoms with Gasteiger partial charge in [0, 0.05) is 5.92 Å². The largest absolute Gasteiger partial charge is 0.496 e. The lowest BCUT2D eigenvalue weighted by atomic mass is 9.67. The third-order valence-corrected chi connectivity index (χ3v) is 9.84. The van der Waals surface area contributed by atoms with Crippen LogP contribution in [0.5, 0.6) is 11.5 Å². The molecular weight excluding hydrogens is 454 g/mol. The molecule has 3 rings (SSSR count). The van der Waals surface area contributed by atoms with Gasteiger partial charge in [0.25, 0.3) is 0 Å². The van der Waals surface area contributed by atoms with Crippen LogP contribution in [-0.4, -0.2) is 14.2 Å². The smallest absolute Gasteiger partial charge is 0.142 e. The molecule has 0 radical (unpaired) electrons. The molecule has 0 aliphatic heterocycles. The Bertz CT molecular complexity index is 941. The first-order valence-electron chi connectivity index (χ1n) is 15.0. The van der Waals surface area contributed by atoms with Gasteiger partial charge in [-0.2, -0.15) is 0 Å². The molecule has 2 aromatic rings. The number of anilines is 1. The molecule has 1 aliphatic carbocycles. The molecule has 0 amide bonds. The first kappa shape index (κ1) is 29.4. The van der Waals surface area contributed by atoms with Crippen LogP contribution in [0.2, 0.25) is 0 Å². The second-order valence-electron chi connectivity index (χ2n) is 11.3. The Balaban J connectivity index is 2.48. The molecule has 2 aromatic carbocycles. The number of ether oxygens (including phenoxy) is 2. The molecule has 0 aromatic heterocycles. The van der Waals surface area contributed by atoms with E-state index >= 15 is 0 Å². The summed E-state index contributed by atoms with van der Waals surface area (Å²) in [6.45, 7) is 16.3. The highest BCUT2D eigenvalue weighted by Gasteiger charge is 2.35. The maximum absolute atomic E-state index is 6.93. The van der Waals surface area contributed by atoms with Crippen molar-refractivity contribution in [3.05, 3.63) is 52.1 Å². The van der Waals surface area contributed by atoms with Crippen molar-refractivity contribution >= 4 is 5.69 Å². The third-order valence-electron chi connectivity index (χ3n) is 9.84. The highest BCUT2D eigenvalue weighted by atomic mass is 16.5. The van der Waals surface area contributed by atoms with Crippen molar-refractivity contribution in [3.63, 3.8) is 0 Å². The van der Waals surface area contributed by atoms with Gasteiger partial charge in [-0.25, -0.2) is 0 Å². The van der Waals surface area contributed by atoms with Crippen LogP contribution in [0.1, 0.15) is 132 Å². The number of benzene rings is 2. The van der Waals surface area contributed by atoms with Crippen LogP contribution in [0.25, 0.3) is 0 Å². The van der Waals surface area contributed by atoms with Gasteiger partial charge >= 0.3 is 0 Å². The predicted molar refractivity (Wildman–Crippen MR) is 159 cm³/mol. The molecule has 37 heavy (non-hydrogen) atoms. The fourth-order valence-corrected chi connectivity index (χ4v) is 7.47. The number of hydrogen-bond donors (Lipinski definition) is 1. The lowest BCUT2D eigenvalue weighted by molar-refractivity contribution is 0.298. The van der Waals surface area contributed by atoms with Crippen LogP contribution in [0.15, 0.2) is 24.3 Å². The maximum atomic E-state index is 6.93. The Kier molecular flexibility index (Phi) is 10.4. The summed E-state index contributed by atoms with van der Waals surface area (Å²) in [5.74, 6) is 4.72. The van der Waals surface area contributed by atoms with E-state index in [2.05, 4.69) is 72.7 Å². The number of rotatable bonds is 11. The Morgan fingerprint density at radius 1 is 0.676 bits per heavy atom. The molecule has 4 bridgehead atoms. The van der Waals surface area contributed by atoms with Gasteiger partial charge in [0.2, 0.25) is 0 Å². The van der Waals surface area contributed by atoms with Crippen LogP contribution in [0.3, 0.4) is 0 Å². The Morgan fingerprint density at radius 3 is 1.57 bits per heavy atom. The third kappa shape index (κ3) is 5.66. The minimum absolute atomic E-state index is 0.277. The highest BCUT2D eigenvalue weighted by Crippen LogP contribution is 2.51. The first-order chi connectivity index (χ1) is 17.8. The van der Waals surface area contributed by atoms with Gasteiger partial charge < -0.3 is 15.2 Å². The molecule has 206 valence electrons. The summed E-state index contributed by atoms with van der Waals surface area (Å²) in [6.07, 6.45) is 8.03. The average Bonchev–Trinajstić information content (AvgIpc) is 2.92. The molecule has 3 atom stereocenters. The molecule has 0 heterocycles. The SMILES string of the molecule is CCC(CC)C1CC(C(CC)CC)c2cc(cc(OC)c2N)C(C(CC)CC)c2cc(OC)c(C)c1c2. The second kappa shape index (κ2) is 13.1. The molecule has 2 N–H and O–H groups in total. The van der Waals surface area contributed by atoms with Crippen molar-refractivity contribution in [2.45, 2.75) is 111 Å². The van der Waals surface area contributed by atoms with E-state index in [0.717, 1.165) is 49.3 Å². The molecule has 3 unspecified atom stereocenters. The maximum Gasteiger partial charge on any atom is 0.142 e. The minimum Gasteiger partial charge on any atom is -0.496 e. The van der Waals surface area contributed by atoms with Crippen molar-refractivity contribution in [2.75, 3.05) is 20.0 Å². The summed E-state index contributed by atoms with van der Waals surface area (Å²) >= 11 is 0. The van der Waals surface area contributed by atoms with Gasteiger partial charge in [0.15, 0.2) is 0 Å². The van der Waals surface area contributed by atoms with Gasteiger partial charge in [-0.3, -0.25) is 0 Å². The lowest BCUT2D eigenvalue weighted by Gasteiger charge is -2.38. The van der Waals surface area contributed by atoms with Crippen molar-refractivity contribution in [1.29, 1.82) is 0 Å². The van der Waals surface area contributed by atoms with Gasteiger partial charge in [0.05, 0.1) is 19.9 Å². The standard InChI is InChI=1S/C34H53NO2/c1-10-22(11-2)28-20-29(23(12-3)13-4)30-17-26(19-32(37-9)34(30)35)33(24(14-5)15-6)25-16-27(28)21(7)31(18-25)36-8/h16-19,22-24,28-29,33H,10-15,20,35H2,1-9H3. The summed E-state index contributed by atoms with van der Waals surface area (Å²) < 4.78 is 12.0. The minimum atomic E-state index is 0.277. The number of nitrogen functional groups attached to an aromatic ring is 1.